The second kappa shape index (κ2) is 7.46. The van der Waals surface area contributed by atoms with Crippen LogP contribution in [-0.2, 0) is 11.2 Å². The molecule has 2 aromatic rings. The van der Waals surface area contributed by atoms with Crippen molar-refractivity contribution < 1.29 is 14.3 Å². The number of rotatable bonds is 6. The number of likely N-dealkylation sites (tertiary alicyclic amines) is 1. The van der Waals surface area contributed by atoms with E-state index in [9.17, 15) is 9.59 Å². The minimum atomic E-state index is -1.07. The lowest BCUT2D eigenvalue weighted by atomic mass is 9.83. The molecular weight excluding hydrogens is 414 g/mol. The Morgan fingerprint density at radius 3 is 2.90 bits per heavy atom. The predicted octanol–water partition coefficient (Wildman–Crippen LogP) is 2.30. The molecule has 156 valence electrons. The summed E-state index contributed by atoms with van der Waals surface area (Å²) in [4.78, 5) is 39.0. The number of nitrogens with two attached hydrogens (primary N) is 1. The minimum absolute atomic E-state index is 0.120. The summed E-state index contributed by atoms with van der Waals surface area (Å²) in [5.74, 6) is -0.170. The fraction of sp³-hybridized carbons (Fsp3) is 0.579. The number of nitrogens with one attached hydrogen (secondary N) is 1. The Labute approximate surface area is 177 Å². The molecule has 0 aromatic carbocycles. The van der Waals surface area contributed by atoms with Crippen molar-refractivity contribution in [2.75, 3.05) is 19.7 Å². The lowest BCUT2D eigenvalue weighted by Gasteiger charge is -2.40. The Morgan fingerprint density at radius 2 is 2.28 bits per heavy atom. The first-order valence-corrected chi connectivity index (χ1v) is 11.1. The van der Waals surface area contributed by atoms with Crippen molar-refractivity contribution in [2.24, 2.45) is 11.1 Å². The Bertz CT molecular complexity index is 932. The Hall–Kier alpha value is -1.81. The lowest BCUT2D eigenvalue weighted by Crippen LogP contribution is -2.55. The molecule has 2 fully saturated rings. The van der Waals surface area contributed by atoms with Gasteiger partial charge in [-0.15, -0.1) is 11.3 Å². The number of ether oxygens (including phenoxy) is 1. The molecule has 2 aromatic heterocycles. The third kappa shape index (κ3) is 3.20. The highest BCUT2D eigenvalue weighted by Crippen LogP contribution is 2.62. The highest BCUT2D eigenvalue weighted by atomic mass is 35.5. The molecule has 0 bridgehead atoms. The first-order chi connectivity index (χ1) is 13.9. The first kappa shape index (κ1) is 20.5. The van der Waals surface area contributed by atoms with Gasteiger partial charge in [-0.05, 0) is 26.2 Å². The summed E-state index contributed by atoms with van der Waals surface area (Å²) in [5.41, 5.74) is 7.84. The number of H-pyrrole nitrogens is 1. The van der Waals surface area contributed by atoms with E-state index in [1.807, 2.05) is 13.8 Å². The number of nitrogens with zero attached hydrogens (tertiary/aromatic N) is 3. The second-order valence-corrected chi connectivity index (χ2v) is 8.74. The van der Waals surface area contributed by atoms with E-state index in [1.165, 1.54) is 11.3 Å². The van der Waals surface area contributed by atoms with E-state index in [0.717, 1.165) is 5.69 Å². The van der Waals surface area contributed by atoms with Gasteiger partial charge in [0.25, 0.3) is 5.91 Å². The number of thiazole rings is 1. The summed E-state index contributed by atoms with van der Waals surface area (Å²) in [5, 5.41) is 2.04. The Morgan fingerprint density at radius 1 is 1.48 bits per heavy atom. The summed E-state index contributed by atoms with van der Waals surface area (Å²) >= 11 is 7.49. The smallest absolute Gasteiger partial charge is 0.273 e. The number of carbonyl (C=O) groups is 2. The maximum Gasteiger partial charge on any atom is 0.273 e. The van der Waals surface area contributed by atoms with Crippen molar-refractivity contribution in [3.05, 3.63) is 33.3 Å². The zero-order valence-electron chi connectivity index (χ0n) is 16.4. The molecule has 4 rings (SSSR count). The molecule has 3 heterocycles. The summed E-state index contributed by atoms with van der Waals surface area (Å²) < 4.78 is 5.99. The predicted molar refractivity (Wildman–Crippen MR) is 109 cm³/mol. The Balaban J connectivity index is 1.56. The molecule has 1 amide bonds. The number of aromatic nitrogens is 3. The van der Waals surface area contributed by atoms with E-state index in [1.54, 1.807) is 15.8 Å². The molecular formula is C19H24ClN5O3S. The number of ketones is 1. The fourth-order valence-corrected chi connectivity index (χ4v) is 5.24. The number of carbonyl (C=O) groups excluding carboxylic acids is 2. The highest BCUT2D eigenvalue weighted by molar-refractivity contribution is 7.07. The maximum absolute atomic E-state index is 13.2. The number of aryl methyl sites for hydroxylation is 1. The fourth-order valence-electron chi connectivity index (χ4n) is 4.45. The van der Waals surface area contributed by atoms with Gasteiger partial charge >= 0.3 is 0 Å². The molecule has 1 aliphatic carbocycles. The molecule has 10 heteroatoms. The standard InChI is InChI=1S/C19H24ClN5O3S/c1-3-11-15(20)24-16(23-11)14(26)19(21)9-18(19)5-6-25(7-13(18)28-4-2)17(27)12-8-29-10-22-12/h8,10,13H,3-7,9,21H2,1-2H3,(H,23,24)/t13-,18+,19?/m0/s1. The molecule has 29 heavy (non-hydrogen) atoms. The van der Waals surface area contributed by atoms with Crippen LogP contribution in [0.5, 0.6) is 0 Å². The van der Waals surface area contributed by atoms with Crippen LogP contribution in [0.1, 0.15) is 53.5 Å². The number of aromatic amines is 1. The van der Waals surface area contributed by atoms with Crippen molar-refractivity contribution in [1.82, 2.24) is 19.9 Å². The average Bonchev–Trinajstić information content (AvgIpc) is 3.10. The molecule has 3 N–H and O–H groups in total. The molecule has 1 aliphatic heterocycles. The zero-order valence-corrected chi connectivity index (χ0v) is 18.0. The minimum Gasteiger partial charge on any atom is -0.376 e. The van der Waals surface area contributed by atoms with Crippen molar-refractivity contribution in [1.29, 1.82) is 0 Å². The molecule has 1 spiro atoms. The van der Waals surface area contributed by atoms with Gasteiger partial charge in [-0.3, -0.25) is 9.59 Å². The molecule has 3 atom stereocenters. The van der Waals surface area contributed by atoms with Crippen molar-refractivity contribution in [2.45, 2.75) is 44.8 Å². The number of hydrogen-bond donors (Lipinski definition) is 2. The molecule has 1 saturated heterocycles. The first-order valence-electron chi connectivity index (χ1n) is 9.73. The summed E-state index contributed by atoms with van der Waals surface area (Å²) in [7, 11) is 0. The summed E-state index contributed by atoms with van der Waals surface area (Å²) in [6, 6.07) is 0. The topological polar surface area (TPSA) is 114 Å². The molecule has 0 radical (unpaired) electrons. The number of imidazole rings is 1. The molecule has 1 saturated carbocycles. The number of Topliss-reactive ketones (excluding diaryl/α,β-unsaturated/α-hetero) is 1. The highest BCUT2D eigenvalue weighted by Gasteiger charge is 2.74. The van der Waals surface area contributed by atoms with Crippen molar-refractivity contribution in [3.63, 3.8) is 0 Å². The number of amides is 1. The lowest BCUT2D eigenvalue weighted by molar-refractivity contribution is -0.0441. The van der Waals surface area contributed by atoms with Crippen LogP contribution in [0.3, 0.4) is 0 Å². The number of halogens is 1. The zero-order chi connectivity index (χ0) is 20.8. The van der Waals surface area contributed by atoms with Crippen molar-refractivity contribution in [3.8, 4) is 0 Å². The van der Waals surface area contributed by atoms with Crippen LogP contribution in [0.4, 0.5) is 0 Å². The van der Waals surface area contributed by atoms with Gasteiger partial charge in [-0.1, -0.05) is 18.5 Å². The van der Waals surface area contributed by atoms with Crippen LogP contribution in [0, 0.1) is 5.41 Å². The van der Waals surface area contributed by atoms with Gasteiger partial charge in [0, 0.05) is 30.5 Å². The average molecular weight is 438 g/mol. The second-order valence-electron chi connectivity index (χ2n) is 7.66. The van der Waals surface area contributed by atoms with Crippen LogP contribution in [0.15, 0.2) is 10.9 Å². The van der Waals surface area contributed by atoms with Gasteiger partial charge in [0.05, 0.1) is 22.8 Å². The molecule has 2 aliphatic rings. The van der Waals surface area contributed by atoms with Gasteiger partial charge in [0.15, 0.2) is 11.0 Å². The summed E-state index contributed by atoms with van der Waals surface area (Å²) in [6.45, 7) is 5.20. The number of piperidine rings is 1. The van der Waals surface area contributed by atoms with E-state index in [2.05, 4.69) is 15.0 Å². The van der Waals surface area contributed by atoms with Gasteiger partial charge in [-0.2, -0.15) is 0 Å². The van der Waals surface area contributed by atoms with E-state index in [4.69, 9.17) is 22.1 Å². The van der Waals surface area contributed by atoms with Crippen LogP contribution < -0.4 is 5.73 Å². The number of hydrogen-bond acceptors (Lipinski definition) is 7. The molecule has 1 unspecified atom stereocenters. The van der Waals surface area contributed by atoms with Crippen LogP contribution in [-0.4, -0.2) is 62.9 Å². The van der Waals surface area contributed by atoms with Gasteiger partial charge in [0.2, 0.25) is 5.78 Å². The SMILES string of the molecule is CCO[C@H]1CN(C(=O)c2cscn2)CC[C@@]12CC2(N)C(=O)c1nc(Cl)c(CC)[nH]1. The quantitative estimate of drug-likeness (QED) is 0.670. The van der Waals surface area contributed by atoms with Crippen LogP contribution >= 0.6 is 22.9 Å². The van der Waals surface area contributed by atoms with E-state index in [0.29, 0.717) is 49.8 Å². The normalized spacial score (nSPS) is 28.7. The van der Waals surface area contributed by atoms with E-state index >= 15 is 0 Å². The Kier molecular flexibility index (Phi) is 5.27. The third-order valence-corrected chi connectivity index (χ3v) is 7.10. The van der Waals surface area contributed by atoms with Gasteiger partial charge < -0.3 is 20.4 Å². The van der Waals surface area contributed by atoms with Gasteiger partial charge in [-0.25, -0.2) is 9.97 Å². The maximum atomic E-state index is 13.2. The van der Waals surface area contributed by atoms with Crippen LogP contribution in [0.25, 0.3) is 0 Å². The monoisotopic (exact) mass is 437 g/mol. The van der Waals surface area contributed by atoms with Crippen molar-refractivity contribution >= 4 is 34.6 Å². The van der Waals surface area contributed by atoms with Gasteiger partial charge in [0.1, 0.15) is 5.69 Å². The van der Waals surface area contributed by atoms with E-state index in [-0.39, 0.29) is 23.6 Å². The van der Waals surface area contributed by atoms with Crippen LogP contribution in [0.2, 0.25) is 5.15 Å². The molecule has 8 nitrogen and oxygen atoms in total. The van der Waals surface area contributed by atoms with E-state index < -0.39 is 11.0 Å². The summed E-state index contributed by atoms with van der Waals surface area (Å²) in [6.07, 6.45) is 1.41. The largest absolute Gasteiger partial charge is 0.376 e. The third-order valence-electron chi connectivity index (χ3n) is 6.20.